The largest absolute Gasteiger partial charge is 0.390 e. The van der Waals surface area contributed by atoms with Crippen LogP contribution in [0.15, 0.2) is 0 Å². The third kappa shape index (κ3) is 1.90. The lowest BCUT2D eigenvalue weighted by Gasteiger charge is -2.34. The van der Waals surface area contributed by atoms with Crippen LogP contribution >= 0.6 is 0 Å². The minimum atomic E-state index is -1.00. The molecule has 0 aromatic rings. The zero-order chi connectivity index (χ0) is 8.43. The van der Waals surface area contributed by atoms with Crippen molar-refractivity contribution in [2.75, 3.05) is 7.11 Å². The van der Waals surface area contributed by atoms with Gasteiger partial charge in [0.15, 0.2) is 6.29 Å². The summed E-state index contributed by atoms with van der Waals surface area (Å²) < 4.78 is 9.87. The highest BCUT2D eigenvalue weighted by Gasteiger charge is 2.34. The molecule has 1 saturated heterocycles. The SMILES string of the molecule is CO[C@@H]1C(O)C[C@H](C)O[C@H]1O. The van der Waals surface area contributed by atoms with E-state index in [1.54, 1.807) is 6.92 Å². The zero-order valence-corrected chi connectivity index (χ0v) is 6.73. The van der Waals surface area contributed by atoms with Crippen molar-refractivity contribution in [3.05, 3.63) is 0 Å². The third-order valence-corrected chi connectivity index (χ3v) is 1.88. The molecule has 0 saturated carbocycles. The smallest absolute Gasteiger partial charge is 0.183 e. The monoisotopic (exact) mass is 162 g/mol. The van der Waals surface area contributed by atoms with E-state index in [2.05, 4.69) is 0 Å². The first kappa shape index (κ1) is 8.93. The fourth-order valence-corrected chi connectivity index (χ4v) is 1.31. The van der Waals surface area contributed by atoms with E-state index in [0.717, 1.165) is 0 Å². The molecule has 0 aromatic carbocycles. The molecule has 0 amide bonds. The molecule has 4 heteroatoms. The topological polar surface area (TPSA) is 58.9 Å². The van der Waals surface area contributed by atoms with Gasteiger partial charge in [-0.25, -0.2) is 0 Å². The van der Waals surface area contributed by atoms with Crippen LogP contribution in [0.25, 0.3) is 0 Å². The van der Waals surface area contributed by atoms with Gasteiger partial charge < -0.3 is 19.7 Å². The van der Waals surface area contributed by atoms with E-state index in [0.29, 0.717) is 6.42 Å². The van der Waals surface area contributed by atoms with Crippen molar-refractivity contribution in [2.45, 2.75) is 37.9 Å². The molecule has 0 radical (unpaired) electrons. The maximum atomic E-state index is 9.34. The van der Waals surface area contributed by atoms with Crippen molar-refractivity contribution >= 4 is 0 Å². The summed E-state index contributed by atoms with van der Waals surface area (Å²) in [5.74, 6) is 0. The van der Waals surface area contributed by atoms with Gasteiger partial charge in [0.2, 0.25) is 0 Å². The Labute approximate surface area is 65.7 Å². The minimum Gasteiger partial charge on any atom is -0.390 e. The van der Waals surface area contributed by atoms with Gasteiger partial charge in [-0.15, -0.1) is 0 Å². The molecule has 1 aliphatic heterocycles. The van der Waals surface area contributed by atoms with Gasteiger partial charge in [0.1, 0.15) is 6.10 Å². The Morgan fingerprint density at radius 3 is 2.55 bits per heavy atom. The molecular formula is C7H14O4. The quantitative estimate of drug-likeness (QED) is 0.545. The van der Waals surface area contributed by atoms with Crippen LogP contribution in [0, 0.1) is 0 Å². The van der Waals surface area contributed by atoms with Crippen LogP contribution < -0.4 is 0 Å². The predicted octanol–water partition coefficient (Wildman–Crippen LogP) is -0.510. The average molecular weight is 162 g/mol. The fraction of sp³-hybridized carbons (Fsp3) is 1.00. The summed E-state index contributed by atoms with van der Waals surface area (Å²) in [4.78, 5) is 0. The highest BCUT2D eigenvalue weighted by molar-refractivity contribution is 4.79. The summed E-state index contributed by atoms with van der Waals surface area (Å²) in [5.41, 5.74) is 0. The van der Waals surface area contributed by atoms with Crippen molar-refractivity contribution in [1.29, 1.82) is 0 Å². The summed E-state index contributed by atoms with van der Waals surface area (Å²) in [6.07, 6.45) is -1.83. The number of rotatable bonds is 1. The van der Waals surface area contributed by atoms with E-state index >= 15 is 0 Å². The Morgan fingerprint density at radius 1 is 1.45 bits per heavy atom. The Hall–Kier alpha value is -0.160. The second kappa shape index (κ2) is 3.49. The average Bonchev–Trinajstić information content (AvgIpc) is 1.85. The molecule has 11 heavy (non-hydrogen) atoms. The highest BCUT2D eigenvalue weighted by Crippen LogP contribution is 2.20. The van der Waals surface area contributed by atoms with Crippen molar-refractivity contribution < 1.29 is 19.7 Å². The van der Waals surface area contributed by atoms with E-state index in [1.807, 2.05) is 0 Å². The van der Waals surface area contributed by atoms with Gasteiger partial charge in [0, 0.05) is 13.5 Å². The number of methoxy groups -OCH3 is 1. The van der Waals surface area contributed by atoms with Gasteiger partial charge in [0.25, 0.3) is 0 Å². The zero-order valence-electron chi connectivity index (χ0n) is 6.73. The summed E-state index contributed by atoms with van der Waals surface area (Å²) in [7, 11) is 1.44. The van der Waals surface area contributed by atoms with Crippen LogP contribution in [0.4, 0.5) is 0 Å². The number of hydrogen-bond donors (Lipinski definition) is 2. The van der Waals surface area contributed by atoms with Gasteiger partial charge in [0.05, 0.1) is 12.2 Å². The second-order valence-corrected chi connectivity index (χ2v) is 2.84. The normalized spacial score (nSPS) is 45.8. The number of ether oxygens (including phenoxy) is 2. The van der Waals surface area contributed by atoms with Crippen LogP contribution in [0.5, 0.6) is 0 Å². The molecule has 0 spiro atoms. The first-order valence-corrected chi connectivity index (χ1v) is 3.69. The van der Waals surface area contributed by atoms with E-state index in [9.17, 15) is 10.2 Å². The van der Waals surface area contributed by atoms with Crippen molar-refractivity contribution in [2.24, 2.45) is 0 Å². The number of aliphatic hydroxyl groups is 2. The summed E-state index contributed by atoms with van der Waals surface area (Å²) in [6, 6.07) is 0. The van der Waals surface area contributed by atoms with Crippen LogP contribution in [-0.4, -0.2) is 41.9 Å². The van der Waals surface area contributed by atoms with Gasteiger partial charge >= 0.3 is 0 Å². The van der Waals surface area contributed by atoms with E-state index in [1.165, 1.54) is 7.11 Å². The maximum Gasteiger partial charge on any atom is 0.183 e. The number of hydrogen-bond acceptors (Lipinski definition) is 4. The third-order valence-electron chi connectivity index (χ3n) is 1.88. The molecule has 66 valence electrons. The molecule has 1 rings (SSSR count). The molecule has 2 N–H and O–H groups in total. The van der Waals surface area contributed by atoms with Gasteiger partial charge in [-0.2, -0.15) is 0 Å². The minimum absolute atomic E-state index is 0.105. The van der Waals surface area contributed by atoms with Crippen molar-refractivity contribution in [3.8, 4) is 0 Å². The molecule has 1 unspecified atom stereocenters. The molecular weight excluding hydrogens is 148 g/mol. The van der Waals surface area contributed by atoms with Gasteiger partial charge in [-0.05, 0) is 6.92 Å². The van der Waals surface area contributed by atoms with Crippen molar-refractivity contribution in [3.63, 3.8) is 0 Å². The lowest BCUT2D eigenvalue weighted by atomic mass is 10.0. The molecule has 1 fully saturated rings. The first-order valence-electron chi connectivity index (χ1n) is 3.69. The molecule has 1 aliphatic rings. The Balaban J connectivity index is 2.52. The maximum absolute atomic E-state index is 9.34. The van der Waals surface area contributed by atoms with Crippen LogP contribution in [0.2, 0.25) is 0 Å². The lowest BCUT2D eigenvalue weighted by molar-refractivity contribution is -0.249. The Bertz CT molecular complexity index is 116. The second-order valence-electron chi connectivity index (χ2n) is 2.84. The molecule has 0 bridgehead atoms. The standard InChI is InChI=1S/C7H14O4/c1-4-3-5(8)6(10-2)7(9)11-4/h4-9H,3H2,1-2H3/t4-,5?,6+,7+/m0/s1. The lowest BCUT2D eigenvalue weighted by Crippen LogP contribution is -2.48. The van der Waals surface area contributed by atoms with Gasteiger partial charge in [-0.1, -0.05) is 0 Å². The summed E-state index contributed by atoms with van der Waals surface area (Å²) in [6.45, 7) is 1.80. The predicted molar refractivity (Wildman–Crippen MR) is 38.0 cm³/mol. The van der Waals surface area contributed by atoms with Crippen LogP contribution in [-0.2, 0) is 9.47 Å². The van der Waals surface area contributed by atoms with Crippen LogP contribution in [0.1, 0.15) is 13.3 Å². The molecule has 0 aliphatic carbocycles. The van der Waals surface area contributed by atoms with E-state index < -0.39 is 18.5 Å². The molecule has 4 atom stereocenters. The fourth-order valence-electron chi connectivity index (χ4n) is 1.31. The number of aliphatic hydroxyl groups excluding tert-OH is 2. The molecule has 0 aromatic heterocycles. The molecule has 4 nitrogen and oxygen atoms in total. The Morgan fingerprint density at radius 2 is 2.09 bits per heavy atom. The summed E-state index contributed by atoms with van der Waals surface area (Å²) >= 11 is 0. The first-order chi connectivity index (χ1) is 5.15. The van der Waals surface area contributed by atoms with E-state index in [4.69, 9.17) is 9.47 Å². The van der Waals surface area contributed by atoms with Crippen LogP contribution in [0.3, 0.4) is 0 Å². The van der Waals surface area contributed by atoms with E-state index in [-0.39, 0.29) is 6.10 Å². The highest BCUT2D eigenvalue weighted by atomic mass is 16.6. The van der Waals surface area contributed by atoms with Gasteiger partial charge in [-0.3, -0.25) is 0 Å². The van der Waals surface area contributed by atoms with Crippen molar-refractivity contribution in [1.82, 2.24) is 0 Å². The summed E-state index contributed by atoms with van der Waals surface area (Å²) in [5, 5.41) is 18.5. The molecule has 1 heterocycles. The Kier molecular flexibility index (Phi) is 2.84.